The van der Waals surface area contributed by atoms with Crippen LogP contribution in [-0.4, -0.2) is 24.3 Å². The van der Waals surface area contributed by atoms with Crippen LogP contribution in [0, 0.1) is 6.92 Å². The second kappa shape index (κ2) is 6.90. The lowest BCUT2D eigenvalue weighted by atomic mass is 10.1. The molecule has 4 aromatic rings. The van der Waals surface area contributed by atoms with E-state index in [1.54, 1.807) is 12.1 Å². The summed E-state index contributed by atoms with van der Waals surface area (Å²) in [7, 11) is -3.98. The van der Waals surface area contributed by atoms with Crippen LogP contribution < -0.4 is 11.1 Å². The molecule has 0 aliphatic heterocycles. The number of guanidine groups is 1. The fourth-order valence-electron chi connectivity index (χ4n) is 2.94. The normalized spacial score (nSPS) is 12.4. The quantitative estimate of drug-likeness (QED) is 0.410. The van der Waals surface area contributed by atoms with Gasteiger partial charge in [-0.25, -0.2) is 9.97 Å². The highest BCUT2D eigenvalue weighted by atomic mass is 32.2. The van der Waals surface area contributed by atoms with E-state index in [-0.39, 0.29) is 16.8 Å². The molecule has 3 aromatic carbocycles. The van der Waals surface area contributed by atoms with Gasteiger partial charge in [-0.15, -0.1) is 4.40 Å². The summed E-state index contributed by atoms with van der Waals surface area (Å²) in [6.07, 6.45) is 0. The molecule has 0 fully saturated rings. The van der Waals surface area contributed by atoms with E-state index in [1.807, 2.05) is 55.5 Å². The van der Waals surface area contributed by atoms with E-state index in [2.05, 4.69) is 19.7 Å². The molecule has 0 bridgehead atoms. The third-order valence-corrected chi connectivity index (χ3v) is 5.56. The average molecular weight is 391 g/mol. The summed E-state index contributed by atoms with van der Waals surface area (Å²) < 4.78 is 28.9. The highest BCUT2D eigenvalue weighted by molar-refractivity contribution is 7.90. The van der Waals surface area contributed by atoms with Crippen LogP contribution in [0.25, 0.3) is 21.7 Å². The Balaban J connectivity index is 1.65. The maximum absolute atomic E-state index is 12.6. The van der Waals surface area contributed by atoms with Crippen molar-refractivity contribution in [3.8, 4) is 0 Å². The molecule has 0 radical (unpaired) electrons. The Morgan fingerprint density at radius 3 is 2.50 bits per heavy atom. The van der Waals surface area contributed by atoms with E-state index >= 15 is 0 Å². The van der Waals surface area contributed by atoms with Crippen LogP contribution in [0.4, 0.5) is 5.95 Å². The molecule has 140 valence electrons. The van der Waals surface area contributed by atoms with Crippen LogP contribution >= 0.6 is 0 Å². The van der Waals surface area contributed by atoms with Gasteiger partial charge in [-0.2, -0.15) is 8.42 Å². The summed E-state index contributed by atoms with van der Waals surface area (Å²) in [5, 5.41) is 5.32. The monoisotopic (exact) mass is 391 g/mol. The van der Waals surface area contributed by atoms with Gasteiger partial charge in [0.25, 0.3) is 10.0 Å². The first-order valence-electron chi connectivity index (χ1n) is 8.52. The number of aryl methyl sites for hydroxylation is 1. The second-order valence-electron chi connectivity index (χ2n) is 6.24. The number of nitrogens with two attached hydrogens (primary N) is 1. The van der Waals surface area contributed by atoms with E-state index in [0.717, 1.165) is 27.4 Å². The van der Waals surface area contributed by atoms with Crippen molar-refractivity contribution in [3.63, 3.8) is 0 Å². The minimum absolute atomic E-state index is 0.0616. The van der Waals surface area contributed by atoms with Crippen molar-refractivity contribution >= 4 is 43.6 Å². The first-order valence-corrected chi connectivity index (χ1v) is 9.96. The summed E-state index contributed by atoms with van der Waals surface area (Å²) >= 11 is 0. The van der Waals surface area contributed by atoms with Crippen molar-refractivity contribution in [3.05, 3.63) is 72.4 Å². The zero-order valence-electron chi connectivity index (χ0n) is 15.0. The van der Waals surface area contributed by atoms with Gasteiger partial charge in [0.05, 0.1) is 16.1 Å². The molecule has 0 amide bonds. The maximum atomic E-state index is 12.6. The van der Waals surface area contributed by atoms with Gasteiger partial charge in [0.1, 0.15) is 0 Å². The molecule has 1 aromatic heterocycles. The first-order chi connectivity index (χ1) is 13.4. The van der Waals surface area contributed by atoms with Gasteiger partial charge in [-0.05, 0) is 35.9 Å². The molecule has 0 atom stereocenters. The van der Waals surface area contributed by atoms with Gasteiger partial charge < -0.3 is 5.73 Å². The Morgan fingerprint density at radius 2 is 1.68 bits per heavy atom. The minimum Gasteiger partial charge on any atom is -0.369 e. The van der Waals surface area contributed by atoms with Crippen molar-refractivity contribution in [1.29, 1.82) is 0 Å². The highest BCUT2D eigenvalue weighted by Gasteiger charge is 2.15. The van der Waals surface area contributed by atoms with E-state index in [0.29, 0.717) is 0 Å². The molecule has 0 spiro atoms. The Morgan fingerprint density at radius 1 is 0.964 bits per heavy atom. The van der Waals surface area contributed by atoms with Crippen molar-refractivity contribution in [2.45, 2.75) is 11.8 Å². The number of rotatable bonds is 3. The molecule has 0 saturated carbocycles. The molecule has 7 nitrogen and oxygen atoms in total. The highest BCUT2D eigenvalue weighted by Crippen LogP contribution is 2.21. The number of hydrogen-bond donors (Lipinski definition) is 2. The van der Waals surface area contributed by atoms with Crippen molar-refractivity contribution in [1.82, 2.24) is 9.97 Å². The van der Waals surface area contributed by atoms with Gasteiger partial charge in [-0.1, -0.05) is 48.5 Å². The number of nitrogens with one attached hydrogen (secondary N) is 1. The van der Waals surface area contributed by atoms with Crippen molar-refractivity contribution in [2.24, 2.45) is 10.1 Å². The number of anilines is 1. The Hall–Kier alpha value is -3.52. The largest absolute Gasteiger partial charge is 0.369 e. The number of nitrogens with zero attached hydrogens (tertiary/aromatic N) is 3. The van der Waals surface area contributed by atoms with Gasteiger partial charge in [0.2, 0.25) is 11.9 Å². The van der Waals surface area contributed by atoms with Gasteiger partial charge in [0, 0.05) is 5.39 Å². The summed E-state index contributed by atoms with van der Waals surface area (Å²) in [4.78, 5) is 8.71. The van der Waals surface area contributed by atoms with Crippen LogP contribution in [-0.2, 0) is 10.0 Å². The standard InChI is InChI=1S/C20H17N5O2S/c1-13-17-8-4-5-9-18(17)23-20(22-13)24-19(21)25-28(26,27)16-11-10-14-6-2-3-7-15(14)12-16/h2-12H,1H3,(H3,21,22,23,24,25). The predicted molar refractivity (Wildman–Crippen MR) is 111 cm³/mol. The molecule has 0 aliphatic carbocycles. The SMILES string of the molecule is Cc1nc(N/C(N)=N/S(=O)(=O)c2ccc3ccccc3c2)nc2ccccc12. The zero-order valence-corrected chi connectivity index (χ0v) is 15.8. The smallest absolute Gasteiger partial charge is 0.285 e. The molecule has 0 aliphatic rings. The Labute approximate surface area is 162 Å². The molecule has 28 heavy (non-hydrogen) atoms. The number of benzene rings is 3. The van der Waals surface area contributed by atoms with Gasteiger partial charge in [-0.3, -0.25) is 5.32 Å². The summed E-state index contributed by atoms with van der Waals surface area (Å²) in [5.74, 6) is -0.117. The topological polar surface area (TPSA) is 110 Å². The molecule has 0 unspecified atom stereocenters. The number of para-hydroxylation sites is 1. The van der Waals surface area contributed by atoms with Crippen LogP contribution in [0.2, 0.25) is 0 Å². The number of hydrogen-bond acceptors (Lipinski definition) is 4. The minimum atomic E-state index is -3.98. The zero-order chi connectivity index (χ0) is 19.7. The van der Waals surface area contributed by atoms with Crippen LogP contribution in [0.1, 0.15) is 5.69 Å². The maximum Gasteiger partial charge on any atom is 0.285 e. The lowest BCUT2D eigenvalue weighted by molar-refractivity contribution is 0.598. The molecule has 8 heteroatoms. The molecule has 3 N–H and O–H groups in total. The first kappa shape index (κ1) is 17.9. The van der Waals surface area contributed by atoms with E-state index < -0.39 is 10.0 Å². The molecular formula is C20H17N5O2S. The van der Waals surface area contributed by atoms with E-state index in [9.17, 15) is 8.42 Å². The fourth-order valence-corrected chi connectivity index (χ4v) is 3.86. The summed E-state index contributed by atoms with van der Waals surface area (Å²) in [5.41, 5.74) is 7.29. The van der Waals surface area contributed by atoms with Crippen LogP contribution in [0.5, 0.6) is 0 Å². The van der Waals surface area contributed by atoms with Crippen LogP contribution in [0.15, 0.2) is 76.0 Å². The van der Waals surface area contributed by atoms with E-state index in [1.165, 1.54) is 6.07 Å². The Bertz CT molecular complexity index is 1330. The van der Waals surface area contributed by atoms with E-state index in [4.69, 9.17) is 5.73 Å². The third kappa shape index (κ3) is 3.49. The average Bonchev–Trinajstić information content (AvgIpc) is 2.67. The third-order valence-electron chi connectivity index (χ3n) is 4.27. The van der Waals surface area contributed by atoms with Crippen molar-refractivity contribution < 1.29 is 8.42 Å². The van der Waals surface area contributed by atoms with Crippen molar-refractivity contribution in [2.75, 3.05) is 5.32 Å². The summed E-state index contributed by atoms with van der Waals surface area (Å²) in [6.45, 7) is 1.84. The lowest BCUT2D eigenvalue weighted by Crippen LogP contribution is -2.25. The number of aromatic nitrogens is 2. The molecule has 1 heterocycles. The molecular weight excluding hydrogens is 374 g/mol. The predicted octanol–water partition coefficient (Wildman–Crippen LogP) is 3.21. The van der Waals surface area contributed by atoms with Gasteiger partial charge >= 0.3 is 0 Å². The van der Waals surface area contributed by atoms with Gasteiger partial charge in [0.15, 0.2) is 0 Å². The second-order valence-corrected chi connectivity index (χ2v) is 7.84. The summed E-state index contributed by atoms with van der Waals surface area (Å²) in [6, 6.07) is 19.8. The number of sulfonamides is 1. The molecule has 0 saturated heterocycles. The Kier molecular flexibility index (Phi) is 4.40. The number of fused-ring (bicyclic) bond motifs is 2. The lowest BCUT2D eigenvalue weighted by Gasteiger charge is -2.08. The fraction of sp³-hybridized carbons (Fsp3) is 0.0500. The van der Waals surface area contributed by atoms with Crippen LogP contribution in [0.3, 0.4) is 0 Å². The molecule has 4 rings (SSSR count).